The minimum atomic E-state index is -0.657. The Labute approximate surface area is 199 Å². The highest BCUT2D eigenvalue weighted by Crippen LogP contribution is 2.19. The fourth-order valence-corrected chi connectivity index (χ4v) is 3.16. The molecule has 3 N–H and O–H groups in total. The number of amides is 3. The van der Waals surface area contributed by atoms with Crippen LogP contribution in [0.25, 0.3) is 11.1 Å². The number of rotatable bonds is 7. The third-order valence-corrected chi connectivity index (χ3v) is 4.71. The van der Waals surface area contributed by atoms with E-state index < -0.39 is 11.7 Å². The fourth-order valence-electron chi connectivity index (χ4n) is 3.16. The summed E-state index contributed by atoms with van der Waals surface area (Å²) in [6, 6.07) is 24.5. The van der Waals surface area contributed by atoms with E-state index >= 15 is 0 Å². The van der Waals surface area contributed by atoms with E-state index in [9.17, 15) is 14.4 Å². The minimum absolute atomic E-state index is 0.185. The molecule has 0 radical (unpaired) electrons. The van der Waals surface area contributed by atoms with Gasteiger partial charge in [0.25, 0.3) is 5.91 Å². The number of carbonyl (C=O) groups excluding carboxylic acids is 3. The third kappa shape index (κ3) is 7.78. The standard InChI is InChI=1S/C27H29N3O4/c1-27(2,3)34-26(33)29-18-24(31)30-23-11-7-8-19(16-23)17-28-25(32)22-14-12-21(13-15-22)20-9-5-4-6-10-20/h4-16H,17-18H2,1-3H3,(H,28,32)(H,29,33)(H,30,31). The molecule has 7 heteroatoms. The average molecular weight is 460 g/mol. The van der Waals surface area contributed by atoms with Crippen molar-refractivity contribution in [2.75, 3.05) is 11.9 Å². The Balaban J connectivity index is 1.50. The number of hydrogen-bond donors (Lipinski definition) is 3. The molecule has 3 aromatic rings. The maximum absolute atomic E-state index is 12.5. The Hall–Kier alpha value is -4.13. The van der Waals surface area contributed by atoms with Crippen LogP contribution in [0, 0.1) is 0 Å². The van der Waals surface area contributed by atoms with E-state index in [0.717, 1.165) is 16.7 Å². The average Bonchev–Trinajstić information content (AvgIpc) is 2.81. The van der Waals surface area contributed by atoms with Gasteiger partial charge in [-0.2, -0.15) is 0 Å². The highest BCUT2D eigenvalue weighted by molar-refractivity contribution is 5.95. The molecule has 34 heavy (non-hydrogen) atoms. The van der Waals surface area contributed by atoms with Crippen molar-refractivity contribution in [3.8, 4) is 11.1 Å². The predicted octanol–water partition coefficient (Wildman–Crippen LogP) is 4.75. The topological polar surface area (TPSA) is 96.5 Å². The van der Waals surface area contributed by atoms with Crippen molar-refractivity contribution >= 4 is 23.6 Å². The monoisotopic (exact) mass is 459 g/mol. The Bertz CT molecular complexity index is 1140. The van der Waals surface area contributed by atoms with Crippen molar-refractivity contribution < 1.29 is 19.1 Å². The summed E-state index contributed by atoms with van der Waals surface area (Å²) in [6.45, 7) is 5.33. The van der Waals surface area contributed by atoms with Crippen LogP contribution < -0.4 is 16.0 Å². The second kappa shape index (κ2) is 11.1. The van der Waals surface area contributed by atoms with E-state index in [1.807, 2.05) is 48.5 Å². The first kappa shape index (κ1) is 24.5. The number of ether oxygens (including phenoxy) is 1. The highest BCUT2D eigenvalue weighted by Gasteiger charge is 2.16. The van der Waals surface area contributed by atoms with Crippen LogP contribution >= 0.6 is 0 Å². The van der Waals surface area contributed by atoms with Crippen LogP contribution in [-0.4, -0.2) is 30.1 Å². The van der Waals surface area contributed by atoms with E-state index in [2.05, 4.69) is 16.0 Å². The van der Waals surface area contributed by atoms with Gasteiger partial charge in [0.05, 0.1) is 0 Å². The SMILES string of the molecule is CC(C)(C)OC(=O)NCC(=O)Nc1cccc(CNC(=O)c2ccc(-c3ccccc3)cc2)c1. The van der Waals surface area contributed by atoms with Gasteiger partial charge in [-0.3, -0.25) is 9.59 Å². The van der Waals surface area contributed by atoms with E-state index in [1.54, 1.807) is 51.1 Å². The first-order valence-electron chi connectivity index (χ1n) is 11.0. The van der Waals surface area contributed by atoms with Crippen LogP contribution in [0.5, 0.6) is 0 Å². The second-order valence-corrected chi connectivity index (χ2v) is 8.73. The van der Waals surface area contributed by atoms with Gasteiger partial charge >= 0.3 is 6.09 Å². The number of alkyl carbamates (subject to hydrolysis) is 1. The van der Waals surface area contributed by atoms with Crippen LogP contribution in [0.3, 0.4) is 0 Å². The maximum atomic E-state index is 12.5. The predicted molar refractivity (Wildman–Crippen MR) is 132 cm³/mol. The number of carbonyl (C=O) groups is 3. The van der Waals surface area contributed by atoms with Crippen molar-refractivity contribution in [2.24, 2.45) is 0 Å². The highest BCUT2D eigenvalue weighted by atomic mass is 16.6. The second-order valence-electron chi connectivity index (χ2n) is 8.73. The zero-order valence-corrected chi connectivity index (χ0v) is 19.6. The van der Waals surface area contributed by atoms with Gasteiger partial charge in [-0.25, -0.2) is 4.79 Å². The van der Waals surface area contributed by atoms with Crippen LogP contribution in [0.1, 0.15) is 36.7 Å². The molecule has 0 fully saturated rings. The molecule has 0 saturated carbocycles. The van der Waals surface area contributed by atoms with Crippen molar-refractivity contribution in [1.82, 2.24) is 10.6 Å². The van der Waals surface area contributed by atoms with Gasteiger partial charge in [-0.05, 0) is 61.7 Å². The molecule has 0 aromatic heterocycles. The van der Waals surface area contributed by atoms with Crippen LogP contribution in [0.15, 0.2) is 78.9 Å². The molecule has 0 spiro atoms. The van der Waals surface area contributed by atoms with Gasteiger partial charge in [0.15, 0.2) is 0 Å². The van der Waals surface area contributed by atoms with Gasteiger partial charge in [-0.15, -0.1) is 0 Å². The molecular formula is C27H29N3O4. The number of hydrogen-bond acceptors (Lipinski definition) is 4. The zero-order valence-electron chi connectivity index (χ0n) is 19.6. The summed E-state index contributed by atoms with van der Waals surface area (Å²) >= 11 is 0. The molecule has 0 saturated heterocycles. The summed E-state index contributed by atoms with van der Waals surface area (Å²) in [6.07, 6.45) is -0.657. The Morgan fingerprint density at radius 1 is 0.794 bits per heavy atom. The molecule has 0 unspecified atom stereocenters. The van der Waals surface area contributed by atoms with Crippen molar-refractivity contribution in [1.29, 1.82) is 0 Å². The van der Waals surface area contributed by atoms with Crippen LogP contribution in [0.2, 0.25) is 0 Å². The maximum Gasteiger partial charge on any atom is 0.408 e. The minimum Gasteiger partial charge on any atom is -0.444 e. The molecule has 176 valence electrons. The first-order chi connectivity index (χ1) is 16.2. The Morgan fingerprint density at radius 3 is 2.15 bits per heavy atom. The molecule has 0 heterocycles. The largest absolute Gasteiger partial charge is 0.444 e. The third-order valence-electron chi connectivity index (χ3n) is 4.71. The van der Waals surface area contributed by atoms with Crippen molar-refractivity contribution in [2.45, 2.75) is 32.9 Å². The normalized spacial score (nSPS) is 10.8. The lowest BCUT2D eigenvalue weighted by Gasteiger charge is -2.19. The summed E-state index contributed by atoms with van der Waals surface area (Å²) in [5.41, 5.74) is 3.46. The summed E-state index contributed by atoms with van der Waals surface area (Å²) in [7, 11) is 0. The fraction of sp³-hybridized carbons (Fsp3) is 0.222. The number of anilines is 1. The summed E-state index contributed by atoms with van der Waals surface area (Å²) in [4.78, 5) is 36.3. The van der Waals surface area contributed by atoms with Gasteiger partial charge in [-0.1, -0.05) is 54.6 Å². The van der Waals surface area contributed by atoms with Crippen LogP contribution in [-0.2, 0) is 16.1 Å². The van der Waals surface area contributed by atoms with Crippen molar-refractivity contribution in [3.05, 3.63) is 90.0 Å². The van der Waals surface area contributed by atoms with Gasteiger partial charge in [0.2, 0.25) is 5.91 Å². The quantitative estimate of drug-likeness (QED) is 0.475. The van der Waals surface area contributed by atoms with Crippen LogP contribution in [0.4, 0.5) is 10.5 Å². The molecule has 0 bridgehead atoms. The van der Waals surface area contributed by atoms with E-state index in [4.69, 9.17) is 4.74 Å². The summed E-state index contributed by atoms with van der Waals surface area (Å²) < 4.78 is 5.11. The molecule has 0 aliphatic heterocycles. The Morgan fingerprint density at radius 2 is 1.47 bits per heavy atom. The zero-order chi connectivity index (χ0) is 24.6. The Kier molecular flexibility index (Phi) is 8.03. The summed E-state index contributed by atoms with van der Waals surface area (Å²) in [5.74, 6) is -0.568. The number of benzene rings is 3. The smallest absolute Gasteiger partial charge is 0.408 e. The molecule has 7 nitrogen and oxygen atoms in total. The van der Waals surface area contributed by atoms with Gasteiger partial charge in [0, 0.05) is 17.8 Å². The lowest BCUT2D eigenvalue weighted by molar-refractivity contribution is -0.115. The first-order valence-corrected chi connectivity index (χ1v) is 11.0. The lowest BCUT2D eigenvalue weighted by Crippen LogP contribution is -2.37. The van der Waals surface area contributed by atoms with E-state index in [-0.39, 0.29) is 18.4 Å². The van der Waals surface area contributed by atoms with Gasteiger partial charge < -0.3 is 20.7 Å². The molecule has 0 atom stereocenters. The molecule has 3 aromatic carbocycles. The molecule has 0 aliphatic rings. The van der Waals surface area contributed by atoms with E-state index in [1.165, 1.54) is 0 Å². The summed E-state index contributed by atoms with van der Waals surface area (Å²) in [5, 5.41) is 8.03. The molecule has 3 rings (SSSR count). The molecular weight excluding hydrogens is 430 g/mol. The lowest BCUT2D eigenvalue weighted by atomic mass is 10.0. The van der Waals surface area contributed by atoms with Gasteiger partial charge in [0.1, 0.15) is 12.1 Å². The number of nitrogens with one attached hydrogen (secondary N) is 3. The van der Waals surface area contributed by atoms with Crippen molar-refractivity contribution in [3.63, 3.8) is 0 Å². The molecule has 3 amide bonds. The van der Waals surface area contributed by atoms with E-state index in [0.29, 0.717) is 17.8 Å². The molecule has 0 aliphatic carbocycles.